The van der Waals surface area contributed by atoms with Gasteiger partial charge in [-0.05, 0) is 64.0 Å². The lowest BCUT2D eigenvalue weighted by Crippen LogP contribution is -2.50. The molecule has 21 heavy (non-hydrogen) atoms. The Bertz CT molecular complexity index is 308. The number of nitrogens with one attached hydrogen (secondary N) is 1. The molecule has 2 rings (SSSR count). The van der Waals surface area contributed by atoms with E-state index in [0.29, 0.717) is 12.0 Å². The van der Waals surface area contributed by atoms with E-state index in [0.717, 1.165) is 25.3 Å². The molecule has 4 atom stereocenters. The Hall–Kier alpha value is -0.120. The van der Waals surface area contributed by atoms with Gasteiger partial charge in [0.15, 0.2) is 0 Å². The fourth-order valence-electron chi connectivity index (χ4n) is 4.33. The monoisotopic (exact) mass is 296 g/mol. The van der Waals surface area contributed by atoms with E-state index in [9.17, 15) is 5.11 Å². The van der Waals surface area contributed by atoms with Gasteiger partial charge in [-0.15, -0.1) is 0 Å². The highest BCUT2D eigenvalue weighted by Gasteiger charge is 2.33. The summed E-state index contributed by atoms with van der Waals surface area (Å²) in [6.07, 6.45) is 8.34. The van der Waals surface area contributed by atoms with E-state index >= 15 is 0 Å². The van der Waals surface area contributed by atoms with Gasteiger partial charge in [0, 0.05) is 19.1 Å². The van der Waals surface area contributed by atoms with Crippen LogP contribution in [0.5, 0.6) is 0 Å². The quantitative estimate of drug-likeness (QED) is 0.791. The standard InChI is InChI=1S/C18H36N2O/c1-4-10-20-11-6-8-17(13-20)16(3)19-14-18(21)9-5-7-15(2)12-18/h15-17,19,21H,4-14H2,1-3H3. The minimum absolute atomic E-state index is 0.455. The second-order valence-corrected chi connectivity index (χ2v) is 7.80. The summed E-state index contributed by atoms with van der Waals surface area (Å²) < 4.78 is 0. The number of hydrogen-bond acceptors (Lipinski definition) is 3. The first-order valence-corrected chi connectivity index (χ1v) is 9.20. The van der Waals surface area contributed by atoms with Gasteiger partial charge in [0.2, 0.25) is 0 Å². The third-order valence-electron chi connectivity index (χ3n) is 5.61. The first-order chi connectivity index (χ1) is 10.0. The zero-order chi connectivity index (χ0) is 15.3. The Morgan fingerprint density at radius 2 is 2.14 bits per heavy atom. The van der Waals surface area contributed by atoms with E-state index < -0.39 is 5.60 Å². The molecule has 0 aromatic carbocycles. The molecule has 3 heteroatoms. The molecule has 2 N–H and O–H groups in total. The van der Waals surface area contributed by atoms with E-state index in [4.69, 9.17) is 0 Å². The number of piperidine rings is 1. The third kappa shape index (κ3) is 5.22. The molecule has 1 aliphatic carbocycles. The van der Waals surface area contributed by atoms with Crippen molar-refractivity contribution < 1.29 is 5.11 Å². The zero-order valence-corrected chi connectivity index (χ0v) is 14.4. The van der Waals surface area contributed by atoms with Gasteiger partial charge in [0.25, 0.3) is 0 Å². The van der Waals surface area contributed by atoms with Gasteiger partial charge in [-0.2, -0.15) is 0 Å². The van der Waals surface area contributed by atoms with Crippen molar-refractivity contribution in [3.8, 4) is 0 Å². The Morgan fingerprint density at radius 3 is 2.86 bits per heavy atom. The average Bonchev–Trinajstić information content (AvgIpc) is 2.45. The predicted octanol–water partition coefficient (Wildman–Crippen LogP) is 3.03. The lowest BCUT2D eigenvalue weighted by Gasteiger charge is -2.39. The smallest absolute Gasteiger partial charge is 0.0774 e. The van der Waals surface area contributed by atoms with E-state index in [-0.39, 0.29) is 0 Å². The first kappa shape index (κ1) is 17.2. The Balaban J connectivity index is 1.76. The van der Waals surface area contributed by atoms with Gasteiger partial charge in [-0.1, -0.05) is 26.7 Å². The molecule has 1 aliphatic heterocycles. The average molecular weight is 296 g/mol. The Kier molecular flexibility index (Phi) is 6.51. The first-order valence-electron chi connectivity index (χ1n) is 9.20. The van der Waals surface area contributed by atoms with E-state index in [1.165, 1.54) is 51.7 Å². The van der Waals surface area contributed by atoms with Crippen molar-refractivity contribution in [2.45, 2.75) is 77.4 Å². The van der Waals surface area contributed by atoms with E-state index in [1.54, 1.807) is 0 Å². The SMILES string of the molecule is CCCN1CCCC(C(C)NCC2(O)CCCC(C)C2)C1. The van der Waals surface area contributed by atoms with Gasteiger partial charge in [-0.3, -0.25) is 0 Å². The van der Waals surface area contributed by atoms with Gasteiger partial charge in [-0.25, -0.2) is 0 Å². The molecular weight excluding hydrogens is 260 g/mol. The summed E-state index contributed by atoms with van der Waals surface area (Å²) in [5.74, 6) is 1.42. The van der Waals surface area contributed by atoms with Crippen LogP contribution in [0.4, 0.5) is 0 Å². The van der Waals surface area contributed by atoms with Crippen LogP contribution >= 0.6 is 0 Å². The van der Waals surface area contributed by atoms with Crippen LogP contribution in [0.3, 0.4) is 0 Å². The van der Waals surface area contributed by atoms with Gasteiger partial charge in [0.05, 0.1) is 5.60 Å². The van der Waals surface area contributed by atoms with Crippen molar-refractivity contribution in [1.82, 2.24) is 10.2 Å². The number of aliphatic hydroxyl groups is 1. The minimum atomic E-state index is -0.455. The molecule has 4 unspecified atom stereocenters. The van der Waals surface area contributed by atoms with Crippen LogP contribution in [0.2, 0.25) is 0 Å². The molecule has 0 amide bonds. The van der Waals surface area contributed by atoms with E-state index in [2.05, 4.69) is 31.0 Å². The fraction of sp³-hybridized carbons (Fsp3) is 1.00. The topological polar surface area (TPSA) is 35.5 Å². The van der Waals surface area contributed by atoms with Crippen LogP contribution in [0, 0.1) is 11.8 Å². The van der Waals surface area contributed by atoms with Crippen LogP contribution in [0.15, 0.2) is 0 Å². The molecule has 0 aromatic heterocycles. The molecule has 1 saturated heterocycles. The third-order valence-corrected chi connectivity index (χ3v) is 5.61. The number of hydrogen-bond donors (Lipinski definition) is 2. The van der Waals surface area contributed by atoms with Crippen LogP contribution in [0.25, 0.3) is 0 Å². The van der Waals surface area contributed by atoms with Gasteiger partial charge >= 0.3 is 0 Å². The second kappa shape index (κ2) is 7.94. The summed E-state index contributed by atoms with van der Waals surface area (Å²) in [6.45, 7) is 11.4. The maximum Gasteiger partial charge on any atom is 0.0774 e. The van der Waals surface area contributed by atoms with Crippen molar-refractivity contribution in [2.75, 3.05) is 26.2 Å². The summed E-state index contributed by atoms with van der Waals surface area (Å²) in [7, 11) is 0. The summed E-state index contributed by atoms with van der Waals surface area (Å²) in [4.78, 5) is 2.61. The molecule has 124 valence electrons. The van der Waals surface area contributed by atoms with Gasteiger partial charge < -0.3 is 15.3 Å². The Morgan fingerprint density at radius 1 is 1.33 bits per heavy atom. The summed E-state index contributed by atoms with van der Waals surface area (Å²) in [5.41, 5.74) is -0.455. The summed E-state index contributed by atoms with van der Waals surface area (Å²) >= 11 is 0. The maximum absolute atomic E-state index is 10.8. The summed E-state index contributed by atoms with van der Waals surface area (Å²) in [5, 5.41) is 14.4. The lowest BCUT2D eigenvalue weighted by atomic mass is 9.78. The normalized spacial score (nSPS) is 36.6. The van der Waals surface area contributed by atoms with Crippen LogP contribution in [0.1, 0.15) is 65.7 Å². The molecule has 2 aliphatic rings. The second-order valence-electron chi connectivity index (χ2n) is 7.80. The highest BCUT2D eigenvalue weighted by atomic mass is 16.3. The highest BCUT2D eigenvalue weighted by molar-refractivity contribution is 4.89. The lowest BCUT2D eigenvalue weighted by molar-refractivity contribution is -0.0157. The van der Waals surface area contributed by atoms with Crippen molar-refractivity contribution in [1.29, 1.82) is 0 Å². The van der Waals surface area contributed by atoms with Crippen molar-refractivity contribution >= 4 is 0 Å². The minimum Gasteiger partial charge on any atom is -0.389 e. The molecule has 3 nitrogen and oxygen atoms in total. The molecular formula is C18H36N2O. The highest BCUT2D eigenvalue weighted by Crippen LogP contribution is 2.32. The zero-order valence-electron chi connectivity index (χ0n) is 14.4. The van der Waals surface area contributed by atoms with Gasteiger partial charge in [0.1, 0.15) is 0 Å². The van der Waals surface area contributed by atoms with Crippen LogP contribution < -0.4 is 5.32 Å². The predicted molar refractivity (Wildman–Crippen MR) is 89.5 cm³/mol. The molecule has 2 fully saturated rings. The van der Waals surface area contributed by atoms with Crippen LogP contribution in [-0.4, -0.2) is 47.8 Å². The Labute approximate surface area is 131 Å². The van der Waals surface area contributed by atoms with Crippen molar-refractivity contribution in [3.05, 3.63) is 0 Å². The molecule has 0 radical (unpaired) electrons. The molecule has 0 aromatic rings. The van der Waals surface area contributed by atoms with Crippen molar-refractivity contribution in [3.63, 3.8) is 0 Å². The fourth-order valence-corrected chi connectivity index (χ4v) is 4.33. The van der Waals surface area contributed by atoms with Crippen LogP contribution in [-0.2, 0) is 0 Å². The maximum atomic E-state index is 10.8. The number of likely N-dealkylation sites (tertiary alicyclic amines) is 1. The molecule has 0 spiro atoms. The molecule has 1 heterocycles. The van der Waals surface area contributed by atoms with E-state index in [1.807, 2.05) is 0 Å². The largest absolute Gasteiger partial charge is 0.389 e. The number of nitrogens with zero attached hydrogens (tertiary/aromatic N) is 1. The number of rotatable bonds is 6. The summed E-state index contributed by atoms with van der Waals surface area (Å²) in [6, 6.07) is 0.519. The molecule has 1 saturated carbocycles. The molecule has 0 bridgehead atoms. The van der Waals surface area contributed by atoms with Crippen molar-refractivity contribution in [2.24, 2.45) is 11.8 Å².